The summed E-state index contributed by atoms with van der Waals surface area (Å²) >= 11 is 6.17. The molecule has 88 valence electrons. The second kappa shape index (κ2) is 4.17. The Balaban J connectivity index is 1.97. The molecule has 0 radical (unpaired) electrons. The fourth-order valence-corrected chi connectivity index (χ4v) is 2.64. The minimum atomic E-state index is -0.208. The Bertz CT molecular complexity index is 519. The summed E-state index contributed by atoms with van der Waals surface area (Å²) in [5, 5.41) is 4.07. The van der Waals surface area contributed by atoms with Crippen molar-refractivity contribution in [2.75, 3.05) is 0 Å². The molecule has 0 saturated carbocycles. The van der Waals surface area contributed by atoms with Crippen LogP contribution in [0.3, 0.4) is 0 Å². The number of benzene rings is 1. The molecule has 1 aliphatic heterocycles. The molecule has 4 heteroatoms. The lowest BCUT2D eigenvalue weighted by Gasteiger charge is -2.22. The Morgan fingerprint density at radius 2 is 2.12 bits per heavy atom. The summed E-state index contributed by atoms with van der Waals surface area (Å²) in [6.07, 6.45) is 3.08. The number of nitrogens with two attached hydrogens (primary N) is 1. The van der Waals surface area contributed by atoms with E-state index in [4.69, 9.17) is 17.3 Å². The van der Waals surface area contributed by atoms with Crippen LogP contribution in [0.15, 0.2) is 40.5 Å². The lowest BCUT2D eigenvalue weighted by molar-refractivity contribution is 0.751. The van der Waals surface area contributed by atoms with Crippen molar-refractivity contribution in [3.05, 3.63) is 46.1 Å². The quantitative estimate of drug-likeness (QED) is 0.801. The second-order valence-electron chi connectivity index (χ2n) is 4.38. The third-order valence-electron chi connectivity index (χ3n) is 3.28. The molecule has 0 saturated heterocycles. The first-order chi connectivity index (χ1) is 8.25. The van der Waals surface area contributed by atoms with Crippen molar-refractivity contribution >= 4 is 17.4 Å². The molecule has 1 heterocycles. The summed E-state index contributed by atoms with van der Waals surface area (Å²) in [6, 6.07) is 7.69. The Morgan fingerprint density at radius 3 is 2.94 bits per heavy atom. The monoisotopic (exact) mass is 247 g/mol. The summed E-state index contributed by atoms with van der Waals surface area (Å²) < 4.78 is 0. The first kappa shape index (κ1) is 10.8. The third kappa shape index (κ3) is 1.85. The molecule has 0 unspecified atom stereocenters. The topological polar surface area (TPSA) is 50.4 Å². The normalized spacial score (nSPS) is 23.2. The third-order valence-corrected chi connectivity index (χ3v) is 3.61. The van der Waals surface area contributed by atoms with Crippen LogP contribution in [0.4, 0.5) is 0 Å². The molecule has 3 nitrogen and oxygen atoms in total. The molecule has 1 aromatic rings. The van der Waals surface area contributed by atoms with Gasteiger partial charge in [0.15, 0.2) is 0 Å². The summed E-state index contributed by atoms with van der Waals surface area (Å²) in [7, 11) is 0. The maximum absolute atomic E-state index is 6.17. The van der Waals surface area contributed by atoms with Crippen LogP contribution in [-0.2, 0) is 0 Å². The van der Waals surface area contributed by atoms with Gasteiger partial charge in [-0.15, -0.1) is 0 Å². The van der Waals surface area contributed by atoms with Gasteiger partial charge in [0.25, 0.3) is 0 Å². The number of amidine groups is 1. The van der Waals surface area contributed by atoms with E-state index in [-0.39, 0.29) is 6.17 Å². The number of nitrogens with zero attached hydrogens (tertiary/aromatic N) is 1. The van der Waals surface area contributed by atoms with Crippen LogP contribution in [0.2, 0.25) is 5.02 Å². The Labute approximate surface area is 105 Å². The fraction of sp³-hybridized carbons (Fsp3) is 0.308. The van der Waals surface area contributed by atoms with E-state index in [1.54, 1.807) is 0 Å². The first-order valence-corrected chi connectivity index (χ1v) is 6.21. The number of rotatable bonds is 1. The van der Waals surface area contributed by atoms with Gasteiger partial charge in [0, 0.05) is 11.3 Å². The molecule has 0 fully saturated rings. The number of nitrogens with one attached hydrogen (secondary N) is 1. The average molecular weight is 248 g/mol. The van der Waals surface area contributed by atoms with E-state index in [1.807, 2.05) is 24.3 Å². The molecule has 2 aliphatic rings. The van der Waals surface area contributed by atoms with Gasteiger partial charge >= 0.3 is 0 Å². The van der Waals surface area contributed by atoms with Crippen LogP contribution < -0.4 is 11.1 Å². The lowest BCUT2D eigenvalue weighted by atomic mass is 10.1. The maximum Gasteiger partial charge on any atom is 0.136 e. The standard InChI is InChI=1S/C13H14ClN3/c14-10-6-2-1-4-8(10)13-16-11-7-3-5-9(11)12(15)17-13/h1-2,4,6,12H,3,5,7,15H2,(H,16,17)/t12-/m0/s1. The summed E-state index contributed by atoms with van der Waals surface area (Å²) in [5.74, 6) is 0.795. The average Bonchev–Trinajstić information content (AvgIpc) is 2.78. The Morgan fingerprint density at radius 1 is 1.29 bits per heavy atom. The number of aliphatic imine (C=N–C) groups is 1. The highest BCUT2D eigenvalue weighted by molar-refractivity contribution is 6.34. The minimum absolute atomic E-state index is 0.208. The predicted octanol–water partition coefficient (Wildman–Crippen LogP) is 2.41. The fourth-order valence-electron chi connectivity index (χ4n) is 2.42. The largest absolute Gasteiger partial charge is 0.343 e. The van der Waals surface area contributed by atoms with Crippen molar-refractivity contribution in [3.63, 3.8) is 0 Å². The van der Waals surface area contributed by atoms with Crippen LogP contribution in [0, 0.1) is 0 Å². The molecular weight excluding hydrogens is 234 g/mol. The minimum Gasteiger partial charge on any atom is -0.343 e. The molecule has 3 rings (SSSR count). The lowest BCUT2D eigenvalue weighted by Crippen LogP contribution is -2.35. The zero-order chi connectivity index (χ0) is 11.8. The van der Waals surface area contributed by atoms with Crippen LogP contribution in [0.5, 0.6) is 0 Å². The van der Waals surface area contributed by atoms with E-state index in [0.29, 0.717) is 5.02 Å². The van der Waals surface area contributed by atoms with Gasteiger partial charge < -0.3 is 11.1 Å². The molecule has 1 atom stereocenters. The maximum atomic E-state index is 6.17. The van der Waals surface area contributed by atoms with Gasteiger partial charge in [0.05, 0.1) is 5.02 Å². The van der Waals surface area contributed by atoms with Crippen molar-refractivity contribution in [2.24, 2.45) is 10.7 Å². The predicted molar refractivity (Wildman–Crippen MR) is 70.0 cm³/mol. The summed E-state index contributed by atoms with van der Waals surface area (Å²) in [6.45, 7) is 0. The molecule has 0 amide bonds. The van der Waals surface area contributed by atoms with Crippen LogP contribution in [0.1, 0.15) is 24.8 Å². The van der Waals surface area contributed by atoms with Crippen molar-refractivity contribution in [3.8, 4) is 0 Å². The highest BCUT2D eigenvalue weighted by Crippen LogP contribution is 2.30. The van der Waals surface area contributed by atoms with E-state index in [0.717, 1.165) is 30.7 Å². The van der Waals surface area contributed by atoms with Crippen LogP contribution in [-0.4, -0.2) is 12.0 Å². The van der Waals surface area contributed by atoms with Gasteiger partial charge in [-0.2, -0.15) is 0 Å². The van der Waals surface area contributed by atoms with E-state index < -0.39 is 0 Å². The zero-order valence-corrected chi connectivity index (χ0v) is 10.2. The smallest absolute Gasteiger partial charge is 0.136 e. The highest BCUT2D eigenvalue weighted by atomic mass is 35.5. The molecule has 0 aromatic heterocycles. The Hall–Kier alpha value is -1.32. The number of hydrogen-bond acceptors (Lipinski definition) is 3. The number of hydrogen-bond donors (Lipinski definition) is 2. The summed E-state index contributed by atoms with van der Waals surface area (Å²) in [5.41, 5.74) is 9.48. The van der Waals surface area contributed by atoms with Gasteiger partial charge in [0.1, 0.15) is 12.0 Å². The zero-order valence-electron chi connectivity index (χ0n) is 9.41. The van der Waals surface area contributed by atoms with E-state index >= 15 is 0 Å². The van der Waals surface area contributed by atoms with Gasteiger partial charge in [-0.05, 0) is 37.0 Å². The van der Waals surface area contributed by atoms with Crippen molar-refractivity contribution < 1.29 is 0 Å². The molecule has 0 spiro atoms. The van der Waals surface area contributed by atoms with Crippen molar-refractivity contribution in [1.29, 1.82) is 0 Å². The van der Waals surface area contributed by atoms with Gasteiger partial charge in [-0.3, -0.25) is 0 Å². The van der Waals surface area contributed by atoms with Crippen molar-refractivity contribution in [2.45, 2.75) is 25.4 Å². The SMILES string of the molecule is N[C@H]1N=C(c2ccccc2Cl)NC2=C1CCC2. The Kier molecular flexibility index (Phi) is 2.65. The van der Waals surface area contributed by atoms with E-state index in [1.165, 1.54) is 11.3 Å². The second-order valence-corrected chi connectivity index (χ2v) is 4.79. The molecule has 0 bridgehead atoms. The van der Waals surface area contributed by atoms with Crippen molar-refractivity contribution in [1.82, 2.24) is 5.32 Å². The molecule has 1 aliphatic carbocycles. The van der Waals surface area contributed by atoms with Gasteiger partial charge in [-0.25, -0.2) is 4.99 Å². The van der Waals surface area contributed by atoms with Gasteiger partial charge in [-0.1, -0.05) is 23.7 Å². The molecular formula is C13H14ClN3. The van der Waals surface area contributed by atoms with Crippen LogP contribution >= 0.6 is 11.6 Å². The highest BCUT2D eigenvalue weighted by Gasteiger charge is 2.26. The molecule has 1 aromatic carbocycles. The molecule has 17 heavy (non-hydrogen) atoms. The number of halogens is 1. The van der Waals surface area contributed by atoms with E-state index in [2.05, 4.69) is 10.3 Å². The summed E-state index contributed by atoms with van der Waals surface area (Å²) in [4.78, 5) is 4.50. The van der Waals surface area contributed by atoms with Crippen LogP contribution in [0.25, 0.3) is 0 Å². The molecule has 3 N–H and O–H groups in total. The first-order valence-electron chi connectivity index (χ1n) is 5.83. The van der Waals surface area contributed by atoms with Gasteiger partial charge in [0.2, 0.25) is 0 Å². The number of allylic oxidation sites excluding steroid dienone is 1. The van der Waals surface area contributed by atoms with E-state index in [9.17, 15) is 0 Å².